The number of benzene rings is 2. The van der Waals surface area contributed by atoms with Gasteiger partial charge in [0, 0.05) is 5.69 Å². The predicted octanol–water partition coefficient (Wildman–Crippen LogP) is 2.95. The molecule has 6 heteroatoms. The summed E-state index contributed by atoms with van der Waals surface area (Å²) in [5, 5.41) is 2.55. The first kappa shape index (κ1) is 17.5. The molecule has 0 heterocycles. The van der Waals surface area contributed by atoms with E-state index in [0.717, 1.165) is 5.56 Å². The van der Waals surface area contributed by atoms with Crippen LogP contribution in [-0.2, 0) is 20.7 Å². The lowest BCUT2D eigenvalue weighted by atomic mass is 10.1. The highest BCUT2D eigenvalue weighted by molar-refractivity contribution is 5.95. The summed E-state index contributed by atoms with van der Waals surface area (Å²) in [6, 6.07) is 12.3. The van der Waals surface area contributed by atoms with Gasteiger partial charge in [-0.05, 0) is 48.9 Å². The molecular weight excluding hydrogens is 313 g/mol. The fraction of sp³-hybridized carbons (Fsp3) is 0.222. The zero-order valence-electron chi connectivity index (χ0n) is 13.4. The third-order valence-electron chi connectivity index (χ3n) is 3.30. The van der Waals surface area contributed by atoms with Crippen molar-refractivity contribution in [2.24, 2.45) is 0 Å². The Balaban J connectivity index is 1.85. The predicted molar refractivity (Wildman–Crippen MR) is 87.3 cm³/mol. The number of carbonyl (C=O) groups excluding carboxylic acids is 2. The van der Waals surface area contributed by atoms with Gasteiger partial charge in [0.1, 0.15) is 11.6 Å². The van der Waals surface area contributed by atoms with E-state index >= 15 is 0 Å². The molecule has 1 atom stereocenters. The Labute approximate surface area is 139 Å². The van der Waals surface area contributed by atoms with Gasteiger partial charge in [-0.3, -0.25) is 9.59 Å². The first-order valence-corrected chi connectivity index (χ1v) is 7.37. The van der Waals surface area contributed by atoms with Crippen LogP contribution in [0, 0.1) is 5.82 Å². The molecule has 0 spiro atoms. The van der Waals surface area contributed by atoms with Crippen molar-refractivity contribution in [3.8, 4) is 5.75 Å². The van der Waals surface area contributed by atoms with Crippen LogP contribution in [0.5, 0.6) is 5.75 Å². The fourth-order valence-electron chi connectivity index (χ4n) is 1.98. The van der Waals surface area contributed by atoms with E-state index in [1.54, 1.807) is 31.4 Å². The van der Waals surface area contributed by atoms with Crippen molar-refractivity contribution in [1.82, 2.24) is 0 Å². The van der Waals surface area contributed by atoms with E-state index in [4.69, 9.17) is 9.47 Å². The molecule has 0 saturated heterocycles. The Bertz CT molecular complexity index is 698. The number of halogens is 1. The lowest BCUT2D eigenvalue weighted by Gasteiger charge is -2.13. The fourth-order valence-corrected chi connectivity index (χ4v) is 1.98. The van der Waals surface area contributed by atoms with Crippen molar-refractivity contribution in [3.05, 3.63) is 59.9 Å². The minimum atomic E-state index is -0.958. The van der Waals surface area contributed by atoms with Gasteiger partial charge in [0.2, 0.25) is 0 Å². The van der Waals surface area contributed by atoms with Gasteiger partial charge in [0.15, 0.2) is 6.10 Å². The summed E-state index contributed by atoms with van der Waals surface area (Å²) in [5.41, 5.74) is 1.19. The zero-order chi connectivity index (χ0) is 17.5. The SMILES string of the molecule is COc1ccc(CC(=O)O[C@@H](C)C(=O)Nc2ccc(F)cc2)cc1. The average Bonchev–Trinajstić information content (AvgIpc) is 2.57. The zero-order valence-corrected chi connectivity index (χ0v) is 13.4. The van der Waals surface area contributed by atoms with Crippen LogP contribution in [0.1, 0.15) is 12.5 Å². The van der Waals surface area contributed by atoms with Gasteiger partial charge < -0.3 is 14.8 Å². The van der Waals surface area contributed by atoms with Crippen molar-refractivity contribution in [1.29, 1.82) is 0 Å². The van der Waals surface area contributed by atoms with Gasteiger partial charge in [0.25, 0.3) is 5.91 Å². The Morgan fingerprint density at radius 1 is 1.08 bits per heavy atom. The van der Waals surface area contributed by atoms with E-state index < -0.39 is 23.8 Å². The Kier molecular flexibility index (Phi) is 5.89. The van der Waals surface area contributed by atoms with Crippen LogP contribution in [0.25, 0.3) is 0 Å². The number of nitrogens with one attached hydrogen (secondary N) is 1. The molecule has 0 bridgehead atoms. The van der Waals surface area contributed by atoms with Crippen LogP contribution in [-0.4, -0.2) is 25.1 Å². The number of ether oxygens (including phenoxy) is 2. The third-order valence-corrected chi connectivity index (χ3v) is 3.30. The van der Waals surface area contributed by atoms with Crippen molar-refractivity contribution < 1.29 is 23.5 Å². The number of amides is 1. The second kappa shape index (κ2) is 8.10. The molecule has 2 aromatic carbocycles. The topological polar surface area (TPSA) is 64.6 Å². The van der Waals surface area contributed by atoms with Crippen LogP contribution >= 0.6 is 0 Å². The van der Waals surface area contributed by atoms with Crippen LogP contribution in [0.3, 0.4) is 0 Å². The maximum absolute atomic E-state index is 12.8. The molecule has 0 saturated carbocycles. The highest BCUT2D eigenvalue weighted by Gasteiger charge is 2.18. The molecule has 126 valence electrons. The minimum absolute atomic E-state index is 0.0537. The highest BCUT2D eigenvalue weighted by atomic mass is 19.1. The average molecular weight is 331 g/mol. The largest absolute Gasteiger partial charge is 0.497 e. The number of rotatable bonds is 6. The second-order valence-corrected chi connectivity index (χ2v) is 5.15. The molecule has 0 aromatic heterocycles. The molecule has 1 N–H and O–H groups in total. The molecule has 5 nitrogen and oxygen atoms in total. The first-order valence-electron chi connectivity index (χ1n) is 7.37. The van der Waals surface area contributed by atoms with E-state index in [1.165, 1.54) is 31.2 Å². The molecule has 1 amide bonds. The number of anilines is 1. The normalized spacial score (nSPS) is 11.5. The van der Waals surface area contributed by atoms with E-state index in [2.05, 4.69) is 5.32 Å². The Morgan fingerprint density at radius 3 is 2.29 bits per heavy atom. The van der Waals surface area contributed by atoms with Crippen molar-refractivity contribution >= 4 is 17.6 Å². The van der Waals surface area contributed by atoms with Crippen LogP contribution < -0.4 is 10.1 Å². The van der Waals surface area contributed by atoms with Crippen LogP contribution in [0.2, 0.25) is 0 Å². The standard InChI is InChI=1S/C18H18FNO4/c1-12(18(22)20-15-7-5-14(19)6-8-15)24-17(21)11-13-3-9-16(23-2)10-4-13/h3-10,12H,11H2,1-2H3,(H,20,22)/t12-/m0/s1. The maximum atomic E-state index is 12.8. The number of esters is 1. The first-order chi connectivity index (χ1) is 11.5. The molecule has 24 heavy (non-hydrogen) atoms. The van der Waals surface area contributed by atoms with E-state index in [0.29, 0.717) is 11.4 Å². The molecule has 0 aliphatic heterocycles. The van der Waals surface area contributed by atoms with Crippen LogP contribution in [0.15, 0.2) is 48.5 Å². The van der Waals surface area contributed by atoms with Crippen LogP contribution in [0.4, 0.5) is 10.1 Å². The summed E-state index contributed by atoms with van der Waals surface area (Å²) in [5.74, 6) is -0.697. The van der Waals surface area contributed by atoms with Gasteiger partial charge in [-0.15, -0.1) is 0 Å². The summed E-state index contributed by atoms with van der Waals surface area (Å²) < 4.78 is 23.0. The molecular formula is C18H18FNO4. The molecule has 0 unspecified atom stereocenters. The summed E-state index contributed by atoms with van der Waals surface area (Å²) >= 11 is 0. The lowest BCUT2D eigenvalue weighted by Crippen LogP contribution is -2.30. The summed E-state index contributed by atoms with van der Waals surface area (Å²) in [6.45, 7) is 1.48. The molecule has 0 radical (unpaired) electrons. The number of carbonyl (C=O) groups is 2. The Hall–Kier alpha value is -2.89. The number of methoxy groups -OCH3 is 1. The maximum Gasteiger partial charge on any atom is 0.311 e. The monoisotopic (exact) mass is 331 g/mol. The molecule has 0 fully saturated rings. The smallest absolute Gasteiger partial charge is 0.311 e. The quantitative estimate of drug-likeness (QED) is 0.827. The number of hydrogen-bond acceptors (Lipinski definition) is 4. The van der Waals surface area contributed by atoms with Gasteiger partial charge >= 0.3 is 5.97 Å². The minimum Gasteiger partial charge on any atom is -0.497 e. The van der Waals surface area contributed by atoms with Crippen molar-refractivity contribution in [2.75, 3.05) is 12.4 Å². The van der Waals surface area contributed by atoms with E-state index in [-0.39, 0.29) is 6.42 Å². The van der Waals surface area contributed by atoms with E-state index in [1.807, 2.05) is 0 Å². The van der Waals surface area contributed by atoms with Gasteiger partial charge in [-0.2, -0.15) is 0 Å². The summed E-state index contributed by atoms with van der Waals surface area (Å²) in [4.78, 5) is 23.9. The lowest BCUT2D eigenvalue weighted by molar-refractivity contribution is -0.152. The van der Waals surface area contributed by atoms with E-state index in [9.17, 15) is 14.0 Å². The van der Waals surface area contributed by atoms with Crippen molar-refractivity contribution in [3.63, 3.8) is 0 Å². The Morgan fingerprint density at radius 2 is 1.71 bits per heavy atom. The van der Waals surface area contributed by atoms with Gasteiger partial charge in [-0.25, -0.2) is 4.39 Å². The second-order valence-electron chi connectivity index (χ2n) is 5.15. The molecule has 2 aromatic rings. The summed E-state index contributed by atoms with van der Waals surface area (Å²) in [6.07, 6.45) is -0.904. The highest BCUT2D eigenvalue weighted by Crippen LogP contribution is 2.13. The molecule has 0 aliphatic carbocycles. The third kappa shape index (κ3) is 5.08. The molecule has 2 rings (SSSR count). The van der Waals surface area contributed by atoms with Gasteiger partial charge in [0.05, 0.1) is 13.5 Å². The number of hydrogen-bond donors (Lipinski definition) is 1. The molecule has 0 aliphatic rings. The van der Waals surface area contributed by atoms with Crippen molar-refractivity contribution in [2.45, 2.75) is 19.4 Å². The summed E-state index contributed by atoms with van der Waals surface area (Å²) in [7, 11) is 1.56. The van der Waals surface area contributed by atoms with Gasteiger partial charge in [-0.1, -0.05) is 12.1 Å².